The smallest absolute Gasteiger partial charge is 0.410 e. The van der Waals surface area contributed by atoms with Gasteiger partial charge in [0.15, 0.2) is 0 Å². The van der Waals surface area contributed by atoms with Crippen LogP contribution in [0.1, 0.15) is 12.0 Å². The summed E-state index contributed by atoms with van der Waals surface area (Å²) in [5, 5.41) is 11.7. The van der Waals surface area contributed by atoms with E-state index in [4.69, 9.17) is 9.94 Å². The van der Waals surface area contributed by atoms with E-state index in [9.17, 15) is 4.79 Å². The van der Waals surface area contributed by atoms with E-state index in [0.29, 0.717) is 25.2 Å². The van der Waals surface area contributed by atoms with Crippen LogP contribution in [0.3, 0.4) is 0 Å². The lowest BCUT2D eigenvalue weighted by Gasteiger charge is -2.14. The summed E-state index contributed by atoms with van der Waals surface area (Å²) in [6, 6.07) is 9.51. The molecule has 5 nitrogen and oxygen atoms in total. The molecule has 17 heavy (non-hydrogen) atoms. The van der Waals surface area contributed by atoms with Crippen LogP contribution in [-0.4, -0.2) is 35.0 Å². The van der Waals surface area contributed by atoms with E-state index in [2.05, 4.69) is 5.16 Å². The molecule has 0 saturated carbocycles. The molecular weight excluding hydrogens is 220 g/mol. The number of amides is 1. The predicted octanol–water partition coefficient (Wildman–Crippen LogP) is 1.86. The van der Waals surface area contributed by atoms with Crippen molar-refractivity contribution in [1.29, 1.82) is 0 Å². The van der Waals surface area contributed by atoms with Gasteiger partial charge in [-0.15, -0.1) is 0 Å². The predicted molar refractivity (Wildman–Crippen MR) is 62.0 cm³/mol. The average Bonchev–Trinajstić information content (AvgIpc) is 2.86. The number of hydrogen-bond donors (Lipinski definition) is 1. The molecule has 1 aromatic carbocycles. The first kappa shape index (κ1) is 11.4. The molecule has 1 aliphatic rings. The average molecular weight is 234 g/mol. The molecule has 0 bridgehead atoms. The summed E-state index contributed by atoms with van der Waals surface area (Å²) in [4.78, 5) is 13.2. The van der Waals surface area contributed by atoms with E-state index < -0.39 is 0 Å². The van der Waals surface area contributed by atoms with E-state index in [1.165, 1.54) is 4.90 Å². The first-order valence-corrected chi connectivity index (χ1v) is 5.45. The molecule has 1 heterocycles. The second-order valence-corrected chi connectivity index (χ2v) is 3.88. The third-order valence-electron chi connectivity index (χ3n) is 2.65. The van der Waals surface area contributed by atoms with E-state index >= 15 is 0 Å². The molecule has 0 unspecified atom stereocenters. The van der Waals surface area contributed by atoms with Crippen molar-refractivity contribution < 1.29 is 14.7 Å². The summed E-state index contributed by atoms with van der Waals surface area (Å²) in [6.45, 7) is 1.17. The number of likely N-dealkylation sites (tertiary alicyclic amines) is 1. The fourth-order valence-electron chi connectivity index (χ4n) is 1.69. The molecule has 2 rings (SSSR count). The summed E-state index contributed by atoms with van der Waals surface area (Å²) in [5.74, 6) is 0. The van der Waals surface area contributed by atoms with E-state index in [1.807, 2.05) is 30.3 Å². The quantitative estimate of drug-likeness (QED) is 0.627. The van der Waals surface area contributed by atoms with Crippen LogP contribution < -0.4 is 0 Å². The van der Waals surface area contributed by atoms with Crippen molar-refractivity contribution in [3.8, 4) is 0 Å². The van der Waals surface area contributed by atoms with Crippen molar-refractivity contribution in [2.24, 2.45) is 5.16 Å². The second kappa shape index (κ2) is 5.34. The van der Waals surface area contributed by atoms with Gasteiger partial charge >= 0.3 is 6.09 Å². The number of carbonyl (C=O) groups excluding carboxylic acids is 1. The molecule has 1 amide bonds. The molecule has 0 atom stereocenters. The highest BCUT2D eigenvalue weighted by Crippen LogP contribution is 2.09. The Morgan fingerprint density at radius 3 is 2.82 bits per heavy atom. The lowest BCUT2D eigenvalue weighted by molar-refractivity contribution is 0.105. The Hall–Kier alpha value is -2.04. The number of oxime groups is 1. The van der Waals surface area contributed by atoms with Gasteiger partial charge in [-0.3, -0.25) is 0 Å². The van der Waals surface area contributed by atoms with Crippen molar-refractivity contribution in [3.63, 3.8) is 0 Å². The van der Waals surface area contributed by atoms with E-state index in [-0.39, 0.29) is 12.7 Å². The number of carbonyl (C=O) groups is 1. The molecule has 0 aliphatic carbocycles. The van der Waals surface area contributed by atoms with Crippen LogP contribution in [0.2, 0.25) is 0 Å². The summed E-state index contributed by atoms with van der Waals surface area (Å²) >= 11 is 0. The Morgan fingerprint density at radius 2 is 2.18 bits per heavy atom. The fourth-order valence-corrected chi connectivity index (χ4v) is 1.69. The highest BCUT2D eigenvalue weighted by Gasteiger charge is 2.24. The van der Waals surface area contributed by atoms with Crippen molar-refractivity contribution in [3.05, 3.63) is 35.9 Å². The highest BCUT2D eigenvalue weighted by atomic mass is 16.6. The molecule has 90 valence electrons. The number of ether oxygens (including phenoxy) is 1. The van der Waals surface area contributed by atoms with Gasteiger partial charge in [0.2, 0.25) is 0 Å². The summed E-state index contributed by atoms with van der Waals surface area (Å²) in [5.41, 5.74) is 1.57. The summed E-state index contributed by atoms with van der Waals surface area (Å²) in [6.07, 6.45) is 0.240. The van der Waals surface area contributed by atoms with Gasteiger partial charge in [0.25, 0.3) is 0 Å². The zero-order valence-electron chi connectivity index (χ0n) is 9.37. The minimum atomic E-state index is -0.368. The number of rotatable bonds is 2. The van der Waals surface area contributed by atoms with Crippen molar-refractivity contribution >= 4 is 11.8 Å². The van der Waals surface area contributed by atoms with Crippen LogP contribution in [-0.2, 0) is 11.3 Å². The van der Waals surface area contributed by atoms with Crippen molar-refractivity contribution in [2.45, 2.75) is 13.0 Å². The van der Waals surface area contributed by atoms with Gasteiger partial charge in [0, 0.05) is 13.0 Å². The topological polar surface area (TPSA) is 62.1 Å². The number of nitrogens with zero attached hydrogens (tertiary/aromatic N) is 2. The first-order chi connectivity index (χ1) is 8.29. The van der Waals surface area contributed by atoms with Crippen LogP contribution in [0.15, 0.2) is 35.5 Å². The van der Waals surface area contributed by atoms with Gasteiger partial charge in [-0.25, -0.2) is 4.79 Å². The van der Waals surface area contributed by atoms with Gasteiger partial charge < -0.3 is 14.8 Å². The molecule has 5 heteroatoms. The Bertz CT molecular complexity index is 417. The van der Waals surface area contributed by atoms with Crippen LogP contribution in [0, 0.1) is 0 Å². The molecule has 0 radical (unpaired) electrons. The minimum absolute atomic E-state index is 0.266. The van der Waals surface area contributed by atoms with Crippen LogP contribution in [0.25, 0.3) is 0 Å². The summed E-state index contributed by atoms with van der Waals surface area (Å²) in [7, 11) is 0. The fraction of sp³-hybridized carbons (Fsp3) is 0.333. The van der Waals surface area contributed by atoms with E-state index in [1.54, 1.807) is 0 Å². The molecule has 1 saturated heterocycles. The molecule has 1 N–H and O–H groups in total. The van der Waals surface area contributed by atoms with Crippen LogP contribution in [0.5, 0.6) is 0 Å². The maximum absolute atomic E-state index is 11.6. The Balaban J connectivity index is 1.82. The molecule has 0 spiro atoms. The standard InChI is InChI=1S/C12H14N2O3/c15-12(14-7-6-11(8-14)13-16)17-9-10-4-2-1-3-5-10/h1-5,16H,6-9H2/b13-11+. The lowest BCUT2D eigenvalue weighted by atomic mass is 10.2. The Labute approximate surface area is 99.3 Å². The molecule has 1 aromatic rings. The number of benzene rings is 1. The third kappa shape index (κ3) is 2.96. The zero-order valence-corrected chi connectivity index (χ0v) is 9.37. The molecule has 0 aromatic heterocycles. The molecular formula is C12H14N2O3. The third-order valence-corrected chi connectivity index (χ3v) is 2.65. The van der Waals surface area contributed by atoms with Crippen LogP contribution >= 0.6 is 0 Å². The van der Waals surface area contributed by atoms with Crippen LogP contribution in [0.4, 0.5) is 4.79 Å². The van der Waals surface area contributed by atoms with Crippen molar-refractivity contribution in [1.82, 2.24) is 4.90 Å². The largest absolute Gasteiger partial charge is 0.445 e. The Kier molecular flexibility index (Phi) is 3.59. The van der Waals surface area contributed by atoms with E-state index in [0.717, 1.165) is 5.56 Å². The lowest BCUT2D eigenvalue weighted by Crippen LogP contribution is -2.29. The second-order valence-electron chi connectivity index (χ2n) is 3.88. The van der Waals surface area contributed by atoms with Gasteiger partial charge in [-0.1, -0.05) is 35.5 Å². The van der Waals surface area contributed by atoms with Crippen molar-refractivity contribution in [2.75, 3.05) is 13.1 Å². The Morgan fingerprint density at radius 1 is 1.41 bits per heavy atom. The monoisotopic (exact) mass is 234 g/mol. The van der Waals surface area contributed by atoms with Gasteiger partial charge in [0.05, 0.1) is 12.3 Å². The zero-order chi connectivity index (χ0) is 12.1. The molecule has 1 aliphatic heterocycles. The maximum Gasteiger partial charge on any atom is 0.410 e. The maximum atomic E-state index is 11.6. The van der Waals surface area contributed by atoms with Gasteiger partial charge in [-0.2, -0.15) is 0 Å². The normalized spacial score (nSPS) is 17.4. The first-order valence-electron chi connectivity index (χ1n) is 5.45. The minimum Gasteiger partial charge on any atom is -0.445 e. The van der Waals surface area contributed by atoms with Gasteiger partial charge in [0.1, 0.15) is 6.61 Å². The molecule has 1 fully saturated rings. The highest BCUT2D eigenvalue weighted by molar-refractivity contribution is 5.91. The summed E-state index contributed by atoms with van der Waals surface area (Å²) < 4.78 is 5.16. The van der Waals surface area contributed by atoms with Gasteiger partial charge in [-0.05, 0) is 5.56 Å². The number of hydrogen-bond acceptors (Lipinski definition) is 4. The SMILES string of the molecule is O=C(OCc1ccccc1)N1CC/C(=N\O)C1.